The maximum absolute atomic E-state index is 10.0. The molecule has 0 saturated heterocycles. The maximum atomic E-state index is 10.0. The van der Waals surface area contributed by atoms with Gasteiger partial charge in [-0.1, -0.05) is 0 Å². The Hall–Kier alpha value is -0.0800. The summed E-state index contributed by atoms with van der Waals surface area (Å²) in [5, 5.41) is 29.7. The lowest BCUT2D eigenvalue weighted by atomic mass is 9.77. The van der Waals surface area contributed by atoms with Gasteiger partial charge in [-0.25, -0.2) is 0 Å². The highest BCUT2D eigenvalue weighted by molar-refractivity contribution is 9.11. The van der Waals surface area contributed by atoms with Crippen molar-refractivity contribution in [3.63, 3.8) is 0 Å². The van der Waals surface area contributed by atoms with Crippen LogP contribution in [-0.2, 0) is 5.41 Å². The van der Waals surface area contributed by atoms with Crippen molar-refractivity contribution < 1.29 is 15.3 Å². The Kier molecular flexibility index (Phi) is 5.65. The van der Waals surface area contributed by atoms with Crippen molar-refractivity contribution in [2.45, 2.75) is 12.3 Å². The number of hydrogen-bond donors (Lipinski definition) is 3. The minimum atomic E-state index is -0.711. The molecule has 2 aromatic carbocycles. The van der Waals surface area contributed by atoms with Crippen LogP contribution in [0.5, 0.6) is 11.5 Å². The molecule has 2 aromatic rings. The SMILES string of the molecule is CC(CO)(c1cc(Br)c(O)c(Br)c1)c1cc(Br)c(O)c(Br)c1. The standard InChI is InChI=1S/C15H12Br4O3/c1-15(6-20,7-2-9(16)13(21)10(17)3-7)8-4-11(18)14(22)12(19)5-8/h2-5,20-22H,6H2,1H3. The topological polar surface area (TPSA) is 60.7 Å². The van der Waals surface area contributed by atoms with Crippen molar-refractivity contribution in [3.05, 3.63) is 53.3 Å². The summed E-state index contributed by atoms with van der Waals surface area (Å²) in [7, 11) is 0. The molecule has 2 rings (SSSR count). The average molecular weight is 560 g/mol. The van der Waals surface area contributed by atoms with E-state index in [2.05, 4.69) is 63.7 Å². The lowest BCUT2D eigenvalue weighted by Gasteiger charge is -2.30. The monoisotopic (exact) mass is 556 g/mol. The molecule has 0 unspecified atom stereocenters. The van der Waals surface area contributed by atoms with E-state index in [1.54, 1.807) is 24.3 Å². The van der Waals surface area contributed by atoms with Gasteiger partial charge in [0.1, 0.15) is 11.5 Å². The minimum absolute atomic E-state index is 0.108. The number of benzene rings is 2. The normalized spacial score (nSPS) is 11.7. The van der Waals surface area contributed by atoms with Crippen LogP contribution >= 0.6 is 63.7 Å². The molecule has 0 aromatic heterocycles. The van der Waals surface area contributed by atoms with Gasteiger partial charge in [0.05, 0.1) is 24.5 Å². The Bertz CT molecular complexity index is 627. The number of phenolic OH excluding ortho intramolecular Hbond substituents is 2. The van der Waals surface area contributed by atoms with Gasteiger partial charge in [-0.15, -0.1) is 0 Å². The van der Waals surface area contributed by atoms with Gasteiger partial charge in [-0.05, 0) is 106 Å². The summed E-state index contributed by atoms with van der Waals surface area (Å²) in [5.74, 6) is 0.217. The van der Waals surface area contributed by atoms with Crippen molar-refractivity contribution in [2.24, 2.45) is 0 Å². The Labute approximate surface area is 161 Å². The zero-order valence-corrected chi connectivity index (χ0v) is 17.7. The van der Waals surface area contributed by atoms with Crippen LogP contribution in [0.2, 0.25) is 0 Å². The van der Waals surface area contributed by atoms with Crippen LogP contribution < -0.4 is 0 Å². The van der Waals surface area contributed by atoms with Crippen LogP contribution in [-0.4, -0.2) is 21.9 Å². The number of halogens is 4. The molecule has 22 heavy (non-hydrogen) atoms. The van der Waals surface area contributed by atoms with Gasteiger partial charge in [0.2, 0.25) is 0 Å². The van der Waals surface area contributed by atoms with Gasteiger partial charge in [-0.3, -0.25) is 0 Å². The second-order valence-corrected chi connectivity index (χ2v) is 8.48. The van der Waals surface area contributed by atoms with Crippen LogP contribution in [0.3, 0.4) is 0 Å². The molecule has 0 amide bonds. The number of aliphatic hydroxyl groups excluding tert-OH is 1. The van der Waals surface area contributed by atoms with Crippen LogP contribution in [0.15, 0.2) is 42.2 Å². The third-order valence-electron chi connectivity index (χ3n) is 3.62. The van der Waals surface area contributed by atoms with E-state index in [4.69, 9.17) is 0 Å². The summed E-state index contributed by atoms with van der Waals surface area (Å²) in [6.07, 6.45) is 0. The van der Waals surface area contributed by atoms with E-state index in [-0.39, 0.29) is 18.1 Å². The molecule has 0 aliphatic heterocycles. The molecule has 118 valence electrons. The summed E-state index contributed by atoms with van der Waals surface area (Å²) in [6, 6.07) is 7.08. The van der Waals surface area contributed by atoms with Crippen LogP contribution in [0.25, 0.3) is 0 Å². The van der Waals surface area contributed by atoms with Gasteiger partial charge in [-0.2, -0.15) is 0 Å². The Balaban J connectivity index is 2.68. The lowest BCUT2D eigenvalue weighted by molar-refractivity contribution is 0.231. The Morgan fingerprint density at radius 3 is 1.27 bits per heavy atom. The molecule has 0 aliphatic rings. The van der Waals surface area contributed by atoms with Crippen LogP contribution in [0, 0.1) is 0 Å². The smallest absolute Gasteiger partial charge is 0.143 e. The molecule has 0 aliphatic carbocycles. The van der Waals surface area contributed by atoms with Crippen molar-refractivity contribution in [2.75, 3.05) is 6.61 Å². The largest absolute Gasteiger partial charge is 0.506 e. The number of hydrogen-bond acceptors (Lipinski definition) is 3. The summed E-state index contributed by atoms with van der Waals surface area (Å²) < 4.78 is 2.14. The Morgan fingerprint density at radius 1 is 0.773 bits per heavy atom. The second-order valence-electron chi connectivity index (χ2n) is 5.07. The number of rotatable bonds is 3. The molecule has 0 atom stereocenters. The summed E-state index contributed by atoms with van der Waals surface area (Å²) in [4.78, 5) is 0. The molecular weight excluding hydrogens is 548 g/mol. The van der Waals surface area contributed by atoms with Crippen molar-refractivity contribution >= 4 is 63.7 Å². The van der Waals surface area contributed by atoms with Crippen LogP contribution in [0.1, 0.15) is 18.1 Å². The van der Waals surface area contributed by atoms with Gasteiger partial charge in [0, 0.05) is 5.41 Å². The molecule has 3 nitrogen and oxygen atoms in total. The van der Waals surface area contributed by atoms with Crippen molar-refractivity contribution in [1.82, 2.24) is 0 Å². The van der Waals surface area contributed by atoms with E-state index in [9.17, 15) is 15.3 Å². The van der Waals surface area contributed by atoms with E-state index in [1.165, 1.54) is 0 Å². The quantitative estimate of drug-likeness (QED) is 0.469. The fourth-order valence-corrected chi connectivity index (χ4v) is 4.49. The van der Waals surface area contributed by atoms with E-state index >= 15 is 0 Å². The molecule has 0 radical (unpaired) electrons. The third-order valence-corrected chi connectivity index (χ3v) is 6.04. The van der Waals surface area contributed by atoms with E-state index in [1.807, 2.05) is 6.92 Å². The van der Waals surface area contributed by atoms with E-state index in [0.717, 1.165) is 11.1 Å². The van der Waals surface area contributed by atoms with E-state index < -0.39 is 5.41 Å². The first-order chi connectivity index (χ1) is 10.2. The third kappa shape index (κ3) is 3.24. The van der Waals surface area contributed by atoms with Gasteiger partial charge in [0.25, 0.3) is 0 Å². The Morgan fingerprint density at radius 2 is 1.05 bits per heavy atom. The molecule has 7 heteroatoms. The predicted octanol–water partition coefficient (Wildman–Crippen LogP) is 5.45. The van der Waals surface area contributed by atoms with E-state index in [0.29, 0.717) is 17.9 Å². The highest BCUT2D eigenvalue weighted by atomic mass is 79.9. The molecule has 0 bridgehead atoms. The number of phenols is 2. The zero-order valence-electron chi connectivity index (χ0n) is 11.4. The molecule has 0 fully saturated rings. The first-order valence-corrected chi connectivity index (χ1v) is 9.35. The highest BCUT2D eigenvalue weighted by Crippen LogP contribution is 2.43. The summed E-state index contributed by atoms with van der Waals surface area (Å²) >= 11 is 13.2. The van der Waals surface area contributed by atoms with Gasteiger partial charge >= 0.3 is 0 Å². The number of aliphatic hydroxyl groups is 1. The van der Waals surface area contributed by atoms with Crippen LogP contribution in [0.4, 0.5) is 0 Å². The second kappa shape index (κ2) is 6.81. The predicted molar refractivity (Wildman–Crippen MR) is 101 cm³/mol. The molecule has 0 spiro atoms. The summed E-state index contributed by atoms with van der Waals surface area (Å²) in [6.45, 7) is 1.75. The van der Waals surface area contributed by atoms with Gasteiger partial charge in [0.15, 0.2) is 0 Å². The van der Waals surface area contributed by atoms with Crippen molar-refractivity contribution in [1.29, 1.82) is 0 Å². The number of aromatic hydroxyl groups is 2. The van der Waals surface area contributed by atoms with Gasteiger partial charge < -0.3 is 15.3 Å². The first kappa shape index (κ1) is 18.3. The lowest BCUT2D eigenvalue weighted by Crippen LogP contribution is -2.28. The molecule has 0 saturated carbocycles. The molecule has 3 N–H and O–H groups in total. The van der Waals surface area contributed by atoms with Crippen molar-refractivity contribution in [3.8, 4) is 11.5 Å². The maximum Gasteiger partial charge on any atom is 0.143 e. The first-order valence-electron chi connectivity index (χ1n) is 6.18. The highest BCUT2D eigenvalue weighted by Gasteiger charge is 2.31. The fraction of sp³-hybridized carbons (Fsp3) is 0.200. The summed E-state index contributed by atoms with van der Waals surface area (Å²) in [5.41, 5.74) is 0.921. The zero-order chi connectivity index (χ0) is 16.7. The fourth-order valence-electron chi connectivity index (χ4n) is 2.12. The molecule has 0 heterocycles. The minimum Gasteiger partial charge on any atom is -0.506 e. The average Bonchev–Trinajstić information content (AvgIpc) is 2.48. The molecular formula is C15H12Br4O3.